The molecule has 1 aromatic rings. The summed E-state index contributed by atoms with van der Waals surface area (Å²) in [6.07, 6.45) is 3.48. The minimum atomic E-state index is 0.00977. The molecule has 5 heteroatoms. The molecule has 1 rings (SSSR count). The summed E-state index contributed by atoms with van der Waals surface area (Å²) in [4.78, 5) is 12.8. The average Bonchev–Trinajstić information content (AvgIpc) is 2.50. The Bertz CT molecular complexity index is 331. The van der Waals surface area contributed by atoms with E-state index in [1.54, 1.807) is 28.9 Å². The van der Waals surface area contributed by atoms with Crippen molar-refractivity contribution in [2.45, 2.75) is 13.5 Å². The maximum Gasteiger partial charge on any atom is 0.220 e. The summed E-state index contributed by atoms with van der Waals surface area (Å²) in [6, 6.07) is 0. The molecule has 14 heavy (non-hydrogen) atoms. The SMILES string of the molecule is C=CCN(Cc1cn(C)nn1)C(C)=O. The fourth-order valence-corrected chi connectivity index (χ4v) is 1.12. The molecule has 0 aliphatic rings. The van der Waals surface area contributed by atoms with E-state index in [4.69, 9.17) is 0 Å². The second kappa shape index (κ2) is 4.55. The van der Waals surface area contributed by atoms with Crippen LogP contribution in [0.1, 0.15) is 12.6 Å². The predicted molar refractivity (Wildman–Crippen MR) is 52.3 cm³/mol. The van der Waals surface area contributed by atoms with Crippen molar-refractivity contribution in [3.63, 3.8) is 0 Å². The number of amides is 1. The zero-order chi connectivity index (χ0) is 10.6. The first-order valence-electron chi connectivity index (χ1n) is 4.35. The van der Waals surface area contributed by atoms with E-state index in [9.17, 15) is 4.79 Å². The molecule has 1 amide bonds. The van der Waals surface area contributed by atoms with E-state index in [0.29, 0.717) is 13.1 Å². The minimum Gasteiger partial charge on any atom is -0.333 e. The predicted octanol–water partition coefficient (Wildman–Crippen LogP) is 0.350. The van der Waals surface area contributed by atoms with Gasteiger partial charge in [-0.1, -0.05) is 11.3 Å². The Morgan fingerprint density at radius 2 is 2.50 bits per heavy atom. The largest absolute Gasteiger partial charge is 0.333 e. The topological polar surface area (TPSA) is 51.0 Å². The van der Waals surface area contributed by atoms with E-state index in [0.717, 1.165) is 5.69 Å². The van der Waals surface area contributed by atoms with Crippen LogP contribution < -0.4 is 0 Å². The first kappa shape index (κ1) is 10.4. The van der Waals surface area contributed by atoms with E-state index in [1.165, 1.54) is 6.92 Å². The zero-order valence-corrected chi connectivity index (χ0v) is 8.47. The highest BCUT2D eigenvalue weighted by Gasteiger charge is 2.09. The van der Waals surface area contributed by atoms with Crippen molar-refractivity contribution in [3.8, 4) is 0 Å². The summed E-state index contributed by atoms with van der Waals surface area (Å²) in [6.45, 7) is 6.14. The molecule has 76 valence electrons. The fraction of sp³-hybridized carbons (Fsp3) is 0.444. The van der Waals surface area contributed by atoms with Gasteiger partial charge in [0.2, 0.25) is 5.91 Å². The molecule has 5 nitrogen and oxygen atoms in total. The van der Waals surface area contributed by atoms with Crippen LogP contribution >= 0.6 is 0 Å². The molecular weight excluding hydrogens is 180 g/mol. The molecule has 0 aliphatic carbocycles. The van der Waals surface area contributed by atoms with Crippen LogP contribution in [0.3, 0.4) is 0 Å². The summed E-state index contributed by atoms with van der Waals surface area (Å²) in [5.41, 5.74) is 0.782. The van der Waals surface area contributed by atoms with Gasteiger partial charge in [0.15, 0.2) is 0 Å². The Hall–Kier alpha value is -1.65. The van der Waals surface area contributed by atoms with Crippen molar-refractivity contribution >= 4 is 5.91 Å². The highest BCUT2D eigenvalue weighted by atomic mass is 16.2. The van der Waals surface area contributed by atoms with Crippen LogP contribution in [0.15, 0.2) is 18.9 Å². The quantitative estimate of drug-likeness (QED) is 0.650. The number of carbonyl (C=O) groups excluding carboxylic acids is 1. The van der Waals surface area contributed by atoms with Gasteiger partial charge < -0.3 is 4.90 Å². The van der Waals surface area contributed by atoms with Gasteiger partial charge in [-0.15, -0.1) is 11.7 Å². The second-order valence-corrected chi connectivity index (χ2v) is 3.07. The average molecular weight is 194 g/mol. The molecule has 0 saturated heterocycles. The first-order valence-corrected chi connectivity index (χ1v) is 4.35. The molecule has 0 unspecified atom stereocenters. The van der Waals surface area contributed by atoms with Gasteiger partial charge in [-0.05, 0) is 0 Å². The van der Waals surface area contributed by atoms with E-state index in [1.807, 2.05) is 0 Å². The van der Waals surface area contributed by atoms with Crippen LogP contribution in [0.25, 0.3) is 0 Å². The standard InChI is InChI=1S/C9H14N4O/c1-4-5-13(8(2)14)7-9-6-12(3)11-10-9/h4,6H,1,5,7H2,2-3H3. The second-order valence-electron chi connectivity index (χ2n) is 3.07. The lowest BCUT2D eigenvalue weighted by molar-refractivity contribution is -0.128. The molecule has 0 saturated carbocycles. The number of carbonyl (C=O) groups is 1. The van der Waals surface area contributed by atoms with Gasteiger partial charge in [-0.25, -0.2) is 0 Å². The number of aryl methyl sites for hydroxylation is 1. The summed E-state index contributed by atoms with van der Waals surface area (Å²) < 4.78 is 1.61. The fourth-order valence-electron chi connectivity index (χ4n) is 1.12. The van der Waals surface area contributed by atoms with Gasteiger partial charge in [-0.2, -0.15) is 0 Å². The molecule has 0 bridgehead atoms. The van der Waals surface area contributed by atoms with Gasteiger partial charge in [0.1, 0.15) is 5.69 Å². The van der Waals surface area contributed by atoms with Crippen LogP contribution in [-0.2, 0) is 18.4 Å². The van der Waals surface area contributed by atoms with Crippen LogP contribution in [0, 0.1) is 0 Å². The molecule has 1 aromatic heterocycles. The van der Waals surface area contributed by atoms with E-state index < -0.39 is 0 Å². The molecular formula is C9H14N4O. The Balaban J connectivity index is 2.64. The number of hydrogen-bond donors (Lipinski definition) is 0. The summed E-state index contributed by atoms with van der Waals surface area (Å²) in [5, 5.41) is 7.70. The van der Waals surface area contributed by atoms with Crippen molar-refractivity contribution in [2.75, 3.05) is 6.54 Å². The monoisotopic (exact) mass is 194 g/mol. The minimum absolute atomic E-state index is 0.00977. The van der Waals surface area contributed by atoms with Crippen LogP contribution in [-0.4, -0.2) is 32.3 Å². The normalized spacial score (nSPS) is 9.86. The van der Waals surface area contributed by atoms with Gasteiger partial charge in [0.05, 0.1) is 6.54 Å². The number of aromatic nitrogens is 3. The van der Waals surface area contributed by atoms with E-state index in [2.05, 4.69) is 16.9 Å². The highest BCUT2D eigenvalue weighted by Crippen LogP contribution is 2.00. The van der Waals surface area contributed by atoms with Gasteiger partial charge in [0, 0.05) is 26.7 Å². The van der Waals surface area contributed by atoms with Crippen molar-refractivity contribution in [1.29, 1.82) is 0 Å². The smallest absolute Gasteiger partial charge is 0.220 e. The Morgan fingerprint density at radius 3 is 2.93 bits per heavy atom. The van der Waals surface area contributed by atoms with Crippen molar-refractivity contribution < 1.29 is 4.79 Å². The van der Waals surface area contributed by atoms with Crippen LogP contribution in [0.5, 0.6) is 0 Å². The number of rotatable bonds is 4. The van der Waals surface area contributed by atoms with Gasteiger partial charge in [0.25, 0.3) is 0 Å². The Labute approximate surface area is 83.0 Å². The van der Waals surface area contributed by atoms with Crippen molar-refractivity contribution in [2.24, 2.45) is 7.05 Å². The van der Waals surface area contributed by atoms with Crippen molar-refractivity contribution in [3.05, 3.63) is 24.5 Å². The maximum absolute atomic E-state index is 11.2. The zero-order valence-electron chi connectivity index (χ0n) is 8.47. The summed E-state index contributed by atoms with van der Waals surface area (Å²) in [7, 11) is 1.79. The van der Waals surface area contributed by atoms with Gasteiger partial charge >= 0.3 is 0 Å². The molecule has 0 aliphatic heterocycles. The lowest BCUT2D eigenvalue weighted by Gasteiger charge is -2.16. The lowest BCUT2D eigenvalue weighted by Crippen LogP contribution is -2.28. The molecule has 0 spiro atoms. The maximum atomic E-state index is 11.2. The highest BCUT2D eigenvalue weighted by molar-refractivity contribution is 5.73. The Morgan fingerprint density at radius 1 is 1.79 bits per heavy atom. The Kier molecular flexibility index (Phi) is 3.39. The lowest BCUT2D eigenvalue weighted by atomic mass is 10.4. The van der Waals surface area contributed by atoms with E-state index in [-0.39, 0.29) is 5.91 Å². The first-order chi connectivity index (χ1) is 6.63. The van der Waals surface area contributed by atoms with Crippen LogP contribution in [0.2, 0.25) is 0 Å². The molecule has 0 radical (unpaired) electrons. The molecule has 0 atom stereocenters. The molecule has 0 aromatic carbocycles. The third-order valence-electron chi connectivity index (χ3n) is 1.80. The summed E-state index contributed by atoms with van der Waals surface area (Å²) >= 11 is 0. The third kappa shape index (κ3) is 2.69. The molecule has 0 fully saturated rings. The molecule has 1 heterocycles. The van der Waals surface area contributed by atoms with Gasteiger partial charge in [-0.3, -0.25) is 9.48 Å². The van der Waals surface area contributed by atoms with Crippen LogP contribution in [0.4, 0.5) is 0 Å². The van der Waals surface area contributed by atoms with Crippen molar-refractivity contribution in [1.82, 2.24) is 19.9 Å². The van der Waals surface area contributed by atoms with E-state index >= 15 is 0 Å². The summed E-state index contributed by atoms with van der Waals surface area (Å²) in [5.74, 6) is 0.00977. The number of hydrogen-bond acceptors (Lipinski definition) is 3. The number of nitrogens with zero attached hydrogens (tertiary/aromatic N) is 4. The molecule has 0 N–H and O–H groups in total. The third-order valence-corrected chi connectivity index (χ3v) is 1.80.